The summed E-state index contributed by atoms with van der Waals surface area (Å²) in [4.78, 5) is 3.28. The zero-order valence-electron chi connectivity index (χ0n) is 13.1. The second-order valence-corrected chi connectivity index (χ2v) is 8.37. The number of benzene rings is 1. The summed E-state index contributed by atoms with van der Waals surface area (Å²) in [5.74, 6) is -0.0951. The number of sulfone groups is 1. The van der Waals surface area contributed by atoms with Crippen molar-refractivity contribution in [3.8, 4) is 0 Å². The van der Waals surface area contributed by atoms with Crippen molar-refractivity contribution < 1.29 is 21.6 Å². The van der Waals surface area contributed by atoms with Crippen molar-refractivity contribution in [2.45, 2.75) is 42.1 Å². The maximum atomic E-state index is 13.4. The van der Waals surface area contributed by atoms with Gasteiger partial charge >= 0.3 is 6.18 Å². The molecule has 0 saturated heterocycles. The van der Waals surface area contributed by atoms with Gasteiger partial charge in [0.05, 0.1) is 21.3 Å². The van der Waals surface area contributed by atoms with E-state index in [1.165, 1.54) is 38.1 Å². The molecule has 0 fully saturated rings. The van der Waals surface area contributed by atoms with E-state index < -0.39 is 38.8 Å². The van der Waals surface area contributed by atoms with Crippen LogP contribution in [0.25, 0.3) is 0 Å². The number of nitrogens with zero attached hydrogens (tertiary/aromatic N) is 1. The summed E-state index contributed by atoms with van der Waals surface area (Å²) in [5, 5.41) is -0.810. The lowest BCUT2D eigenvalue weighted by molar-refractivity contribution is -0.102. The smallest absolute Gasteiger partial charge is 0.387 e. The van der Waals surface area contributed by atoms with E-state index >= 15 is 0 Å². The molecule has 2 rings (SSSR count). The first-order valence-electron chi connectivity index (χ1n) is 7.13. The Morgan fingerprint density at radius 1 is 1.25 bits per heavy atom. The molecule has 0 amide bonds. The molecule has 0 spiro atoms. The Morgan fingerprint density at radius 3 is 2.38 bits per heavy atom. The van der Waals surface area contributed by atoms with Crippen molar-refractivity contribution in [3.63, 3.8) is 0 Å². The molecule has 0 aromatic heterocycles. The highest BCUT2D eigenvalue weighted by molar-refractivity contribution is 7.92. The molecule has 4 N–H and O–H groups in total. The van der Waals surface area contributed by atoms with Crippen molar-refractivity contribution in [1.82, 2.24) is 0 Å². The normalized spacial score (nSPS) is 22.3. The van der Waals surface area contributed by atoms with Crippen molar-refractivity contribution in [3.05, 3.63) is 41.6 Å². The van der Waals surface area contributed by atoms with Gasteiger partial charge in [-0.3, -0.25) is 0 Å². The molecule has 9 heteroatoms. The maximum Gasteiger partial charge on any atom is 0.416 e. The summed E-state index contributed by atoms with van der Waals surface area (Å²) in [6, 6.07) is 5.43. The van der Waals surface area contributed by atoms with Gasteiger partial charge in [0.1, 0.15) is 5.84 Å². The molecular formula is C15H18F3N3O2S. The van der Waals surface area contributed by atoms with Gasteiger partial charge in [-0.2, -0.15) is 13.2 Å². The summed E-state index contributed by atoms with van der Waals surface area (Å²) >= 11 is 0. The highest BCUT2D eigenvalue weighted by Crippen LogP contribution is 2.44. The third-order valence-corrected chi connectivity index (χ3v) is 6.11. The third-order valence-electron chi connectivity index (χ3n) is 3.90. The topological polar surface area (TPSA) is 98.5 Å². The highest BCUT2D eigenvalue weighted by Gasteiger charge is 2.50. The van der Waals surface area contributed by atoms with Crippen LogP contribution in [0.4, 0.5) is 13.2 Å². The Hall–Kier alpha value is -1.87. The number of nitrogens with two attached hydrogens (primary N) is 2. The lowest BCUT2D eigenvalue weighted by Gasteiger charge is -2.36. The Morgan fingerprint density at radius 2 is 1.83 bits per heavy atom. The number of alkyl halides is 3. The Bertz CT molecular complexity index is 813. The molecule has 1 aromatic rings. The molecule has 0 aliphatic carbocycles. The number of amidine groups is 1. The molecule has 1 atom stereocenters. The van der Waals surface area contributed by atoms with Crippen molar-refractivity contribution >= 4 is 15.7 Å². The molecule has 0 saturated carbocycles. The summed E-state index contributed by atoms with van der Waals surface area (Å²) in [7, 11) is -3.84. The molecule has 132 valence electrons. The minimum Gasteiger partial charge on any atom is -0.387 e. The van der Waals surface area contributed by atoms with E-state index in [9.17, 15) is 21.6 Å². The van der Waals surface area contributed by atoms with Crippen LogP contribution in [0.5, 0.6) is 0 Å². The van der Waals surface area contributed by atoms with E-state index in [0.717, 1.165) is 0 Å². The van der Waals surface area contributed by atoms with E-state index in [-0.39, 0.29) is 16.3 Å². The maximum absolute atomic E-state index is 13.4. The first-order valence-corrected chi connectivity index (χ1v) is 8.67. The summed E-state index contributed by atoms with van der Waals surface area (Å²) < 4.78 is 65.4. The molecule has 0 bridgehead atoms. The minimum absolute atomic E-state index is 0.0951. The van der Waals surface area contributed by atoms with Crippen LogP contribution in [0.15, 0.2) is 45.9 Å². The first-order chi connectivity index (χ1) is 10.9. The van der Waals surface area contributed by atoms with Crippen molar-refractivity contribution in [2.24, 2.45) is 16.5 Å². The van der Waals surface area contributed by atoms with Gasteiger partial charge in [-0.1, -0.05) is 18.2 Å². The molecule has 1 aliphatic heterocycles. The Labute approximate surface area is 138 Å². The lowest BCUT2D eigenvalue weighted by Crippen LogP contribution is -2.49. The number of hydrogen-bond donors (Lipinski definition) is 2. The van der Waals surface area contributed by atoms with Crippen LogP contribution < -0.4 is 11.5 Å². The molecule has 1 heterocycles. The average molecular weight is 361 g/mol. The van der Waals surface area contributed by atoms with Gasteiger partial charge in [0, 0.05) is 12.6 Å². The summed E-state index contributed by atoms with van der Waals surface area (Å²) in [6.45, 7) is 2.90. The third kappa shape index (κ3) is 3.05. The van der Waals surface area contributed by atoms with Crippen LogP contribution in [0.2, 0.25) is 0 Å². The number of rotatable bonds is 3. The van der Waals surface area contributed by atoms with Gasteiger partial charge in [-0.25, -0.2) is 13.4 Å². The fraction of sp³-hybridized carbons (Fsp3) is 0.400. The molecule has 24 heavy (non-hydrogen) atoms. The van der Waals surface area contributed by atoms with Gasteiger partial charge in [0.2, 0.25) is 0 Å². The highest BCUT2D eigenvalue weighted by atomic mass is 32.2. The van der Waals surface area contributed by atoms with Crippen molar-refractivity contribution in [2.75, 3.05) is 0 Å². The molecule has 0 radical (unpaired) electrons. The monoisotopic (exact) mass is 361 g/mol. The zero-order chi connectivity index (χ0) is 18.3. The minimum atomic E-state index is -4.77. The zero-order valence-corrected chi connectivity index (χ0v) is 13.9. The van der Waals surface area contributed by atoms with Gasteiger partial charge in [0.25, 0.3) is 0 Å². The predicted octanol–water partition coefficient (Wildman–Crippen LogP) is 2.23. The Balaban J connectivity index is 2.76. The van der Waals surface area contributed by atoms with Crippen molar-refractivity contribution in [1.29, 1.82) is 0 Å². The lowest BCUT2D eigenvalue weighted by atomic mass is 9.79. The quantitative estimate of drug-likeness (QED) is 0.862. The molecule has 1 aromatic carbocycles. The van der Waals surface area contributed by atoms with Crippen LogP contribution in [-0.4, -0.2) is 25.7 Å². The predicted molar refractivity (Wildman–Crippen MR) is 85.0 cm³/mol. The SMILES string of the molecule is CC(C)S(=O)(=O)c1ccccc1C1(N)CC(N)=NC=C1C(F)(F)F. The average Bonchev–Trinajstić information content (AvgIpc) is 2.45. The van der Waals surface area contributed by atoms with Crippen LogP contribution >= 0.6 is 0 Å². The second kappa shape index (κ2) is 5.89. The van der Waals surface area contributed by atoms with E-state index in [1.807, 2.05) is 0 Å². The van der Waals surface area contributed by atoms with Crippen LogP contribution in [0.1, 0.15) is 25.8 Å². The van der Waals surface area contributed by atoms with Gasteiger partial charge < -0.3 is 11.5 Å². The number of aliphatic imine (C=N–C) groups is 1. The van der Waals surface area contributed by atoms with Gasteiger partial charge in [-0.05, 0) is 25.5 Å². The van der Waals surface area contributed by atoms with Crippen LogP contribution in [0, 0.1) is 0 Å². The van der Waals surface area contributed by atoms with E-state index in [0.29, 0.717) is 6.20 Å². The van der Waals surface area contributed by atoms with Gasteiger partial charge in [-0.15, -0.1) is 0 Å². The molecule has 1 unspecified atom stereocenters. The molecule has 1 aliphatic rings. The van der Waals surface area contributed by atoms with E-state index in [1.54, 1.807) is 0 Å². The Kier molecular flexibility index (Phi) is 4.53. The fourth-order valence-electron chi connectivity index (χ4n) is 2.59. The molecule has 5 nitrogen and oxygen atoms in total. The fourth-order valence-corrected chi connectivity index (χ4v) is 3.93. The summed E-state index contributed by atoms with van der Waals surface area (Å²) in [5.41, 5.74) is 8.28. The molecular weight excluding hydrogens is 343 g/mol. The number of hydrogen-bond acceptors (Lipinski definition) is 5. The van der Waals surface area contributed by atoms with Crippen LogP contribution in [0.3, 0.4) is 0 Å². The van der Waals surface area contributed by atoms with E-state index in [2.05, 4.69) is 4.99 Å². The number of halogens is 3. The van der Waals surface area contributed by atoms with E-state index in [4.69, 9.17) is 11.5 Å². The first kappa shape index (κ1) is 18.5. The largest absolute Gasteiger partial charge is 0.416 e. The standard InChI is InChI=1S/C15H18F3N3O2S/c1-9(2)24(22,23)11-6-4-3-5-10(11)14(20)7-13(19)21-8-12(14)15(16,17)18/h3-6,8-9H,7,20H2,1-2H3,(H2,19,21). The van der Waals surface area contributed by atoms with Crippen LogP contribution in [-0.2, 0) is 15.4 Å². The second-order valence-electron chi connectivity index (χ2n) is 5.90. The summed E-state index contributed by atoms with van der Waals surface area (Å²) in [6.07, 6.45) is -4.63. The van der Waals surface area contributed by atoms with Gasteiger partial charge in [0.15, 0.2) is 9.84 Å².